The molecular weight excluding hydrogens is 294 g/mol. The molecule has 1 aromatic carbocycles. The van der Waals surface area contributed by atoms with Crippen molar-refractivity contribution in [2.75, 3.05) is 31.6 Å². The molecule has 2 aliphatic heterocycles. The van der Waals surface area contributed by atoms with E-state index < -0.39 is 6.10 Å². The van der Waals surface area contributed by atoms with Crippen LogP contribution >= 0.6 is 0 Å². The molecule has 0 aliphatic carbocycles. The Hall–Kier alpha value is -1.79. The molecular formula is C17H25N3O3. The van der Waals surface area contributed by atoms with Gasteiger partial charge in [-0.2, -0.15) is 0 Å². The highest BCUT2D eigenvalue weighted by Crippen LogP contribution is 2.29. The normalized spacial score (nSPS) is 25.4. The van der Waals surface area contributed by atoms with Crippen LogP contribution in [0.4, 0.5) is 5.69 Å². The quantitative estimate of drug-likeness (QED) is 0.754. The van der Waals surface area contributed by atoms with E-state index in [-0.39, 0.29) is 18.0 Å². The number of aliphatic hydroxyl groups is 1. The Morgan fingerprint density at radius 2 is 2.09 bits per heavy atom. The number of carbonyl (C=O) groups is 1. The molecule has 6 nitrogen and oxygen atoms in total. The number of piperidine rings is 1. The molecule has 0 spiro atoms. The average molecular weight is 319 g/mol. The van der Waals surface area contributed by atoms with E-state index in [0.29, 0.717) is 13.0 Å². The van der Waals surface area contributed by atoms with Crippen LogP contribution in [0.1, 0.15) is 19.3 Å². The molecule has 2 unspecified atom stereocenters. The van der Waals surface area contributed by atoms with Crippen molar-refractivity contribution in [3.05, 3.63) is 24.3 Å². The highest BCUT2D eigenvalue weighted by Gasteiger charge is 2.30. The number of nitrogens with one attached hydrogen (secondary N) is 2. The van der Waals surface area contributed by atoms with Crippen molar-refractivity contribution in [3.8, 4) is 5.75 Å². The third-order valence-corrected chi connectivity index (χ3v) is 4.69. The van der Waals surface area contributed by atoms with Crippen molar-refractivity contribution in [1.82, 2.24) is 10.6 Å². The molecule has 1 aromatic rings. The molecule has 2 aliphatic rings. The highest BCUT2D eigenvalue weighted by atomic mass is 16.5. The van der Waals surface area contributed by atoms with E-state index in [2.05, 4.69) is 21.6 Å². The molecule has 3 rings (SSSR count). The zero-order valence-electron chi connectivity index (χ0n) is 13.5. The largest absolute Gasteiger partial charge is 0.495 e. The van der Waals surface area contributed by atoms with E-state index in [0.717, 1.165) is 37.4 Å². The zero-order chi connectivity index (χ0) is 16.2. The molecule has 126 valence electrons. The number of benzene rings is 1. The van der Waals surface area contributed by atoms with Gasteiger partial charge in [0.05, 0.1) is 24.9 Å². The van der Waals surface area contributed by atoms with Gasteiger partial charge in [-0.25, -0.2) is 0 Å². The first-order chi connectivity index (χ1) is 11.2. The first-order valence-corrected chi connectivity index (χ1v) is 8.27. The van der Waals surface area contributed by atoms with Crippen LogP contribution in [0, 0.1) is 0 Å². The van der Waals surface area contributed by atoms with E-state index in [1.807, 2.05) is 18.2 Å². The molecule has 2 saturated heterocycles. The van der Waals surface area contributed by atoms with Crippen LogP contribution in [0.5, 0.6) is 5.75 Å². The Morgan fingerprint density at radius 3 is 2.74 bits per heavy atom. The summed E-state index contributed by atoms with van der Waals surface area (Å²) in [7, 11) is 1.69. The molecule has 0 radical (unpaired) electrons. The smallest absolute Gasteiger partial charge is 0.237 e. The highest BCUT2D eigenvalue weighted by molar-refractivity contribution is 5.82. The topological polar surface area (TPSA) is 73.8 Å². The number of nitrogens with zero attached hydrogens (tertiary/aromatic N) is 1. The minimum absolute atomic E-state index is 0.0114. The lowest BCUT2D eigenvalue weighted by molar-refractivity contribution is -0.123. The standard InChI is InChI=1S/C17H25N3O3/c1-23-16-5-3-2-4-15(16)20-8-6-12(7-9-20)19-17(22)14-10-13(21)11-18-14/h2-5,12-14,18,21H,6-11H2,1H3,(H,19,22). The summed E-state index contributed by atoms with van der Waals surface area (Å²) in [5.41, 5.74) is 1.11. The van der Waals surface area contributed by atoms with E-state index in [4.69, 9.17) is 4.74 Å². The molecule has 0 aromatic heterocycles. The summed E-state index contributed by atoms with van der Waals surface area (Å²) in [6.07, 6.45) is 1.93. The number of methoxy groups -OCH3 is 1. The Labute approximate surface area is 136 Å². The first-order valence-electron chi connectivity index (χ1n) is 8.27. The summed E-state index contributed by atoms with van der Waals surface area (Å²) in [5.74, 6) is 0.899. The molecule has 2 fully saturated rings. The fourth-order valence-corrected chi connectivity index (χ4v) is 3.37. The summed E-state index contributed by atoms with van der Waals surface area (Å²) in [6.45, 7) is 2.29. The van der Waals surface area contributed by atoms with Gasteiger partial charge in [-0.05, 0) is 31.4 Å². The SMILES string of the molecule is COc1ccccc1N1CCC(NC(=O)C2CC(O)CN2)CC1. The van der Waals surface area contributed by atoms with Gasteiger partial charge < -0.3 is 25.4 Å². The van der Waals surface area contributed by atoms with Crippen molar-refractivity contribution < 1.29 is 14.6 Å². The molecule has 1 amide bonds. The third kappa shape index (κ3) is 3.76. The molecule has 6 heteroatoms. The van der Waals surface area contributed by atoms with Crippen LogP contribution in [-0.4, -0.2) is 55.9 Å². The van der Waals surface area contributed by atoms with Gasteiger partial charge in [0.25, 0.3) is 0 Å². The number of ether oxygens (including phenoxy) is 1. The maximum absolute atomic E-state index is 12.2. The van der Waals surface area contributed by atoms with E-state index in [9.17, 15) is 9.90 Å². The number of amides is 1. The first kappa shape index (κ1) is 16.1. The molecule has 3 N–H and O–H groups in total. The lowest BCUT2D eigenvalue weighted by atomic mass is 10.0. The average Bonchev–Trinajstić information content (AvgIpc) is 3.02. The molecule has 2 atom stereocenters. The summed E-state index contributed by atoms with van der Waals surface area (Å²) in [5, 5.41) is 15.7. The van der Waals surface area contributed by atoms with E-state index in [1.54, 1.807) is 7.11 Å². The van der Waals surface area contributed by atoms with Crippen molar-refractivity contribution in [1.29, 1.82) is 0 Å². The van der Waals surface area contributed by atoms with Gasteiger partial charge in [0.15, 0.2) is 0 Å². The van der Waals surface area contributed by atoms with Crippen LogP contribution in [0.3, 0.4) is 0 Å². The number of β-amino-alcohol motifs (C(OH)–C–C–N with tert-alkyl or cyclic N) is 1. The minimum atomic E-state index is -0.404. The Bertz CT molecular complexity index is 544. The maximum Gasteiger partial charge on any atom is 0.237 e. The lowest BCUT2D eigenvalue weighted by Crippen LogP contribution is -2.49. The Morgan fingerprint density at radius 1 is 1.35 bits per heavy atom. The van der Waals surface area contributed by atoms with Crippen molar-refractivity contribution >= 4 is 11.6 Å². The van der Waals surface area contributed by atoms with Crippen LogP contribution in [0.25, 0.3) is 0 Å². The van der Waals surface area contributed by atoms with E-state index in [1.165, 1.54) is 0 Å². The second-order valence-corrected chi connectivity index (χ2v) is 6.29. The number of anilines is 1. The number of aliphatic hydroxyl groups excluding tert-OH is 1. The predicted octanol–water partition coefficient (Wildman–Crippen LogP) is 0.503. The number of rotatable bonds is 4. The van der Waals surface area contributed by atoms with Gasteiger partial charge in [0.2, 0.25) is 5.91 Å². The van der Waals surface area contributed by atoms with Gasteiger partial charge >= 0.3 is 0 Å². The van der Waals surface area contributed by atoms with Gasteiger partial charge in [0, 0.05) is 25.7 Å². The van der Waals surface area contributed by atoms with Crippen molar-refractivity contribution in [2.45, 2.75) is 37.5 Å². The third-order valence-electron chi connectivity index (χ3n) is 4.69. The second kappa shape index (κ2) is 7.19. The molecule has 0 saturated carbocycles. The molecule has 23 heavy (non-hydrogen) atoms. The monoisotopic (exact) mass is 319 g/mol. The number of para-hydroxylation sites is 2. The minimum Gasteiger partial charge on any atom is -0.495 e. The summed E-state index contributed by atoms with van der Waals surface area (Å²) in [6, 6.07) is 7.98. The van der Waals surface area contributed by atoms with Gasteiger partial charge in [-0.3, -0.25) is 4.79 Å². The summed E-state index contributed by atoms with van der Waals surface area (Å²) in [4.78, 5) is 14.5. The van der Waals surface area contributed by atoms with Crippen LogP contribution in [-0.2, 0) is 4.79 Å². The maximum atomic E-state index is 12.2. The van der Waals surface area contributed by atoms with Crippen molar-refractivity contribution in [2.24, 2.45) is 0 Å². The number of hydrogen-bond acceptors (Lipinski definition) is 5. The second-order valence-electron chi connectivity index (χ2n) is 6.29. The fourth-order valence-electron chi connectivity index (χ4n) is 3.37. The van der Waals surface area contributed by atoms with Crippen LogP contribution in [0.2, 0.25) is 0 Å². The van der Waals surface area contributed by atoms with Crippen molar-refractivity contribution in [3.63, 3.8) is 0 Å². The van der Waals surface area contributed by atoms with Gasteiger partial charge in [-0.1, -0.05) is 12.1 Å². The number of hydrogen-bond donors (Lipinski definition) is 3. The molecule has 2 heterocycles. The molecule has 0 bridgehead atoms. The lowest BCUT2D eigenvalue weighted by Gasteiger charge is -2.35. The van der Waals surface area contributed by atoms with Crippen LogP contribution in [0.15, 0.2) is 24.3 Å². The number of carbonyl (C=O) groups excluding carboxylic acids is 1. The summed E-state index contributed by atoms with van der Waals surface area (Å²) < 4.78 is 5.42. The summed E-state index contributed by atoms with van der Waals surface area (Å²) >= 11 is 0. The zero-order valence-corrected chi connectivity index (χ0v) is 13.5. The van der Waals surface area contributed by atoms with E-state index >= 15 is 0 Å². The predicted molar refractivity (Wildman–Crippen MR) is 88.8 cm³/mol. The Balaban J connectivity index is 1.51. The van der Waals surface area contributed by atoms with Gasteiger partial charge in [-0.15, -0.1) is 0 Å². The fraction of sp³-hybridized carbons (Fsp3) is 0.588. The Kier molecular flexibility index (Phi) is 5.03. The van der Waals surface area contributed by atoms with Crippen LogP contribution < -0.4 is 20.3 Å². The van der Waals surface area contributed by atoms with Gasteiger partial charge in [0.1, 0.15) is 5.75 Å².